The monoisotopic (exact) mass is 292 g/mol. The molecule has 3 aromatic rings. The van der Waals surface area contributed by atoms with Crippen molar-refractivity contribution in [3.8, 4) is 0 Å². The van der Waals surface area contributed by atoms with E-state index in [2.05, 4.69) is 15.5 Å². The van der Waals surface area contributed by atoms with Crippen LogP contribution in [0.15, 0.2) is 65.9 Å². The molecule has 0 saturated heterocycles. The fourth-order valence-corrected chi connectivity index (χ4v) is 2.06. The van der Waals surface area contributed by atoms with Crippen LogP contribution >= 0.6 is 0 Å². The van der Waals surface area contributed by atoms with Crippen molar-refractivity contribution in [1.82, 2.24) is 4.98 Å². The van der Waals surface area contributed by atoms with Gasteiger partial charge in [0, 0.05) is 29.3 Å². The lowest BCUT2D eigenvalue weighted by atomic mass is 10.1. The number of para-hydroxylation sites is 1. The molecule has 0 aliphatic carbocycles. The summed E-state index contributed by atoms with van der Waals surface area (Å²) >= 11 is 0. The fraction of sp³-hybridized carbons (Fsp3) is 0. The van der Waals surface area contributed by atoms with Gasteiger partial charge in [0.15, 0.2) is 0 Å². The zero-order valence-electron chi connectivity index (χ0n) is 11.5. The van der Waals surface area contributed by atoms with Crippen molar-refractivity contribution in [2.24, 2.45) is 5.10 Å². The Balaban J connectivity index is 1.77. The summed E-state index contributed by atoms with van der Waals surface area (Å²) in [5, 5.41) is 15.8. The number of nitrogens with zero attached hydrogens (tertiary/aromatic N) is 3. The van der Waals surface area contributed by atoms with Crippen LogP contribution in [0.1, 0.15) is 5.56 Å². The van der Waals surface area contributed by atoms with Crippen molar-refractivity contribution in [2.45, 2.75) is 0 Å². The lowest BCUT2D eigenvalue weighted by Gasteiger charge is -2.02. The van der Waals surface area contributed by atoms with E-state index in [1.54, 1.807) is 24.5 Å². The molecule has 0 bridgehead atoms. The molecule has 108 valence electrons. The molecular formula is C16H12N4O2. The molecule has 0 aliphatic rings. The maximum Gasteiger partial charge on any atom is 0.269 e. The van der Waals surface area contributed by atoms with Gasteiger partial charge in [-0.15, -0.1) is 0 Å². The summed E-state index contributed by atoms with van der Waals surface area (Å²) in [5.74, 6) is 0. The number of non-ortho nitro benzene ring substituents is 1. The molecule has 0 saturated carbocycles. The summed E-state index contributed by atoms with van der Waals surface area (Å²) in [6.45, 7) is 0. The number of rotatable bonds is 4. The minimum atomic E-state index is -0.434. The molecule has 0 unspecified atom stereocenters. The molecule has 0 fully saturated rings. The van der Waals surface area contributed by atoms with Gasteiger partial charge in [0.05, 0.1) is 22.3 Å². The number of hydrogen-bond donors (Lipinski definition) is 1. The van der Waals surface area contributed by atoms with Crippen molar-refractivity contribution in [3.63, 3.8) is 0 Å². The van der Waals surface area contributed by atoms with Gasteiger partial charge < -0.3 is 0 Å². The highest BCUT2D eigenvalue weighted by Crippen LogP contribution is 2.16. The first-order valence-corrected chi connectivity index (χ1v) is 6.61. The van der Waals surface area contributed by atoms with E-state index in [4.69, 9.17) is 0 Å². The van der Waals surface area contributed by atoms with E-state index in [1.165, 1.54) is 12.1 Å². The number of benzene rings is 2. The van der Waals surface area contributed by atoms with Crippen LogP contribution in [-0.4, -0.2) is 16.1 Å². The van der Waals surface area contributed by atoms with Crippen molar-refractivity contribution >= 4 is 28.5 Å². The Morgan fingerprint density at radius 2 is 1.86 bits per heavy atom. The zero-order chi connectivity index (χ0) is 15.4. The molecular weight excluding hydrogens is 280 g/mol. The largest absolute Gasteiger partial charge is 0.278 e. The molecule has 1 heterocycles. The third-order valence-electron chi connectivity index (χ3n) is 3.16. The first kappa shape index (κ1) is 13.7. The molecule has 0 aliphatic heterocycles. The van der Waals surface area contributed by atoms with E-state index >= 15 is 0 Å². The Labute approximate surface area is 126 Å². The maximum absolute atomic E-state index is 10.6. The van der Waals surface area contributed by atoms with Crippen molar-refractivity contribution in [1.29, 1.82) is 0 Å². The third kappa shape index (κ3) is 2.90. The van der Waals surface area contributed by atoms with Gasteiger partial charge in [0.25, 0.3) is 5.69 Å². The Morgan fingerprint density at radius 3 is 2.64 bits per heavy atom. The molecule has 6 heteroatoms. The summed E-state index contributed by atoms with van der Waals surface area (Å²) in [6, 6.07) is 15.8. The lowest BCUT2D eigenvalue weighted by molar-refractivity contribution is -0.384. The van der Waals surface area contributed by atoms with Gasteiger partial charge in [0.1, 0.15) is 0 Å². The predicted octanol–water partition coefficient (Wildman–Crippen LogP) is 3.59. The highest BCUT2D eigenvalue weighted by Gasteiger charge is 2.03. The second-order valence-corrected chi connectivity index (χ2v) is 4.59. The lowest BCUT2D eigenvalue weighted by Crippen LogP contribution is -1.93. The smallest absolute Gasteiger partial charge is 0.269 e. The Hall–Kier alpha value is -3.28. The van der Waals surface area contributed by atoms with Gasteiger partial charge in [-0.3, -0.25) is 20.5 Å². The van der Waals surface area contributed by atoms with E-state index in [0.717, 1.165) is 16.5 Å². The van der Waals surface area contributed by atoms with Gasteiger partial charge in [-0.2, -0.15) is 5.10 Å². The van der Waals surface area contributed by atoms with Crippen LogP contribution < -0.4 is 5.43 Å². The van der Waals surface area contributed by atoms with Crippen molar-refractivity contribution < 1.29 is 4.92 Å². The van der Waals surface area contributed by atoms with Crippen LogP contribution in [0.3, 0.4) is 0 Å². The summed E-state index contributed by atoms with van der Waals surface area (Å²) in [6.07, 6.45) is 3.43. The van der Waals surface area contributed by atoms with E-state index in [0.29, 0.717) is 5.69 Å². The second kappa shape index (κ2) is 6.01. The summed E-state index contributed by atoms with van der Waals surface area (Å²) < 4.78 is 0. The average molecular weight is 292 g/mol. The molecule has 3 rings (SSSR count). The number of hydrazone groups is 1. The summed E-state index contributed by atoms with van der Waals surface area (Å²) in [5.41, 5.74) is 5.43. The van der Waals surface area contributed by atoms with Crippen LogP contribution in [0.4, 0.5) is 11.4 Å². The number of anilines is 1. The van der Waals surface area contributed by atoms with Gasteiger partial charge in [0.2, 0.25) is 0 Å². The topological polar surface area (TPSA) is 80.4 Å². The Kier molecular flexibility index (Phi) is 3.74. The first-order valence-electron chi connectivity index (χ1n) is 6.61. The zero-order valence-corrected chi connectivity index (χ0v) is 11.5. The highest BCUT2D eigenvalue weighted by atomic mass is 16.6. The molecule has 6 nitrogen and oxygen atoms in total. The fourth-order valence-electron chi connectivity index (χ4n) is 2.06. The van der Waals surface area contributed by atoms with Gasteiger partial charge >= 0.3 is 0 Å². The average Bonchev–Trinajstić information content (AvgIpc) is 2.55. The molecule has 1 N–H and O–H groups in total. The molecule has 0 atom stereocenters. The SMILES string of the molecule is O=[N+]([O-])c1ccc(NN=Cc2ccnc3ccccc23)cc1. The van der Waals surface area contributed by atoms with E-state index in [-0.39, 0.29) is 5.69 Å². The molecule has 22 heavy (non-hydrogen) atoms. The van der Waals surface area contributed by atoms with E-state index < -0.39 is 4.92 Å². The minimum absolute atomic E-state index is 0.0506. The number of hydrogen-bond acceptors (Lipinski definition) is 5. The number of nitro benzene ring substituents is 1. The number of aromatic nitrogens is 1. The summed E-state index contributed by atoms with van der Waals surface area (Å²) in [4.78, 5) is 14.4. The maximum atomic E-state index is 10.6. The van der Waals surface area contributed by atoms with Crippen LogP contribution in [-0.2, 0) is 0 Å². The Bertz CT molecular complexity index is 839. The number of pyridine rings is 1. The molecule has 1 aromatic heterocycles. The first-order chi connectivity index (χ1) is 10.7. The van der Waals surface area contributed by atoms with Crippen LogP contribution in [0, 0.1) is 10.1 Å². The second-order valence-electron chi connectivity index (χ2n) is 4.59. The third-order valence-corrected chi connectivity index (χ3v) is 3.16. The molecule has 2 aromatic carbocycles. The minimum Gasteiger partial charge on any atom is -0.278 e. The van der Waals surface area contributed by atoms with Crippen LogP contribution in [0.5, 0.6) is 0 Å². The van der Waals surface area contributed by atoms with Crippen LogP contribution in [0.2, 0.25) is 0 Å². The number of fused-ring (bicyclic) bond motifs is 1. The molecule has 0 radical (unpaired) electrons. The van der Waals surface area contributed by atoms with Gasteiger partial charge in [-0.25, -0.2) is 0 Å². The summed E-state index contributed by atoms with van der Waals surface area (Å²) in [7, 11) is 0. The van der Waals surface area contributed by atoms with Crippen molar-refractivity contribution in [3.05, 3.63) is 76.5 Å². The van der Waals surface area contributed by atoms with Gasteiger partial charge in [-0.1, -0.05) is 18.2 Å². The quantitative estimate of drug-likeness (QED) is 0.452. The predicted molar refractivity (Wildman–Crippen MR) is 86.1 cm³/mol. The van der Waals surface area contributed by atoms with E-state index in [1.807, 2.05) is 30.3 Å². The van der Waals surface area contributed by atoms with E-state index in [9.17, 15) is 10.1 Å². The van der Waals surface area contributed by atoms with Crippen molar-refractivity contribution in [2.75, 3.05) is 5.43 Å². The molecule has 0 amide bonds. The Morgan fingerprint density at radius 1 is 1.09 bits per heavy atom. The number of nitrogens with one attached hydrogen (secondary N) is 1. The number of nitro groups is 1. The normalized spacial score (nSPS) is 10.9. The van der Waals surface area contributed by atoms with Crippen LogP contribution in [0.25, 0.3) is 10.9 Å². The molecule has 0 spiro atoms. The van der Waals surface area contributed by atoms with Gasteiger partial charge in [-0.05, 0) is 24.3 Å². The standard InChI is InChI=1S/C16H12N4O2/c21-20(22)14-7-5-13(6-8-14)19-18-11-12-9-10-17-16-4-2-1-3-15(12)16/h1-11,19H. The highest BCUT2D eigenvalue weighted by molar-refractivity contribution is 5.98.